The van der Waals surface area contributed by atoms with Crippen molar-refractivity contribution in [2.24, 2.45) is 0 Å². The van der Waals surface area contributed by atoms with Crippen molar-refractivity contribution < 1.29 is 0 Å². The van der Waals surface area contributed by atoms with E-state index < -0.39 is 0 Å². The molecule has 0 aromatic carbocycles. The fourth-order valence-electron chi connectivity index (χ4n) is 5.47. The highest BCUT2D eigenvalue weighted by molar-refractivity contribution is 5.31. The average molecular weight is 597 g/mol. The predicted octanol–water partition coefficient (Wildman–Crippen LogP) is 1.92. The lowest BCUT2D eigenvalue weighted by Crippen LogP contribution is -2.45. The number of hydrogen-bond acceptors (Lipinski definition) is 12. The van der Waals surface area contributed by atoms with Gasteiger partial charge in [0, 0.05) is 78.5 Å². The minimum atomic E-state index is 0.537. The molecule has 4 aromatic rings. The lowest BCUT2D eigenvalue weighted by atomic mass is 10.2. The Kier molecular flexibility index (Phi) is 10.9. The van der Waals surface area contributed by atoms with E-state index in [0.717, 1.165) is 75.1 Å². The van der Waals surface area contributed by atoms with Crippen molar-refractivity contribution in [1.29, 1.82) is 0 Å². The van der Waals surface area contributed by atoms with Gasteiger partial charge in [-0.05, 0) is 48.5 Å². The van der Waals surface area contributed by atoms with Crippen molar-refractivity contribution in [3.8, 4) is 0 Å². The van der Waals surface area contributed by atoms with Gasteiger partial charge in [0.25, 0.3) is 0 Å². The van der Waals surface area contributed by atoms with E-state index in [2.05, 4.69) is 39.5 Å². The van der Waals surface area contributed by atoms with Crippen molar-refractivity contribution in [3.05, 3.63) is 95.6 Å². The van der Waals surface area contributed by atoms with Crippen molar-refractivity contribution in [3.63, 3.8) is 0 Å². The average Bonchev–Trinajstić information content (AvgIpc) is 2.98. The van der Waals surface area contributed by atoms with Crippen molar-refractivity contribution in [2.45, 2.75) is 26.2 Å². The first kappa shape index (κ1) is 31.1. The topological polar surface area (TPSA) is 169 Å². The van der Waals surface area contributed by atoms with E-state index >= 15 is 0 Å². The van der Waals surface area contributed by atoms with Crippen LogP contribution in [-0.2, 0) is 26.2 Å². The molecule has 44 heavy (non-hydrogen) atoms. The molecular weight excluding hydrogens is 552 g/mol. The molecule has 1 fully saturated rings. The molecule has 232 valence electrons. The van der Waals surface area contributed by atoms with Gasteiger partial charge in [-0.15, -0.1) is 0 Å². The fourth-order valence-corrected chi connectivity index (χ4v) is 5.47. The fraction of sp³-hybridized carbons (Fsp3) is 0.375. The Morgan fingerprint density at radius 3 is 0.750 bits per heavy atom. The predicted molar refractivity (Wildman–Crippen MR) is 176 cm³/mol. The minimum absolute atomic E-state index is 0.537. The third kappa shape index (κ3) is 9.85. The van der Waals surface area contributed by atoms with Gasteiger partial charge in [-0.3, -0.25) is 19.6 Å². The van der Waals surface area contributed by atoms with Gasteiger partial charge >= 0.3 is 0 Å². The molecule has 0 aliphatic carbocycles. The van der Waals surface area contributed by atoms with Gasteiger partial charge in [0.2, 0.25) is 0 Å². The van der Waals surface area contributed by atoms with Crippen LogP contribution in [0.2, 0.25) is 0 Å². The van der Waals surface area contributed by atoms with Crippen LogP contribution < -0.4 is 22.9 Å². The third-order valence-electron chi connectivity index (χ3n) is 7.79. The van der Waals surface area contributed by atoms with Crippen LogP contribution in [-0.4, -0.2) is 91.9 Å². The second-order valence-electron chi connectivity index (χ2n) is 11.3. The quantitative estimate of drug-likeness (QED) is 0.234. The summed E-state index contributed by atoms with van der Waals surface area (Å²) in [6, 6.07) is 23.3. The molecule has 5 heterocycles. The molecule has 0 bridgehead atoms. The van der Waals surface area contributed by atoms with Crippen LogP contribution >= 0.6 is 0 Å². The number of nitrogen functional groups attached to an aromatic ring is 4. The summed E-state index contributed by atoms with van der Waals surface area (Å²) >= 11 is 0. The van der Waals surface area contributed by atoms with Gasteiger partial charge in [0.15, 0.2) is 0 Å². The van der Waals surface area contributed by atoms with Crippen LogP contribution in [0.5, 0.6) is 0 Å². The molecule has 12 heteroatoms. The molecule has 0 spiro atoms. The first-order valence-corrected chi connectivity index (χ1v) is 15.1. The van der Waals surface area contributed by atoms with Crippen LogP contribution in [0.25, 0.3) is 0 Å². The Bertz CT molecular complexity index is 1240. The van der Waals surface area contributed by atoms with Crippen LogP contribution in [0.3, 0.4) is 0 Å². The summed E-state index contributed by atoms with van der Waals surface area (Å²) in [5, 5.41) is 0. The summed E-state index contributed by atoms with van der Waals surface area (Å²) in [5.41, 5.74) is 28.0. The minimum Gasteiger partial charge on any atom is -0.384 e. The number of nitrogens with zero attached hydrogens (tertiary/aromatic N) is 8. The second-order valence-corrected chi connectivity index (χ2v) is 11.3. The Balaban J connectivity index is 1.37. The summed E-state index contributed by atoms with van der Waals surface area (Å²) < 4.78 is 0. The summed E-state index contributed by atoms with van der Waals surface area (Å²) in [4.78, 5) is 28.2. The standard InChI is InChI=1S/C32H44N12/c33-29-9-1-5-25(37-29)21-41-13-15-42(22-26-6-2-10-30(34)38-26)17-19-44(24-28-8-4-12-32(36)40-28)20-18-43(16-14-41)23-27-7-3-11-31(35)39-27/h1-12H,13-24H2,(H2,33,37)(H2,34,38)(H2,35,39)(H2,36,40). The van der Waals surface area contributed by atoms with E-state index in [1.54, 1.807) is 0 Å². The highest BCUT2D eigenvalue weighted by Crippen LogP contribution is 2.13. The second kappa shape index (κ2) is 15.4. The monoisotopic (exact) mass is 596 g/mol. The van der Waals surface area contributed by atoms with E-state index in [0.29, 0.717) is 49.5 Å². The molecule has 0 amide bonds. The van der Waals surface area contributed by atoms with Crippen molar-refractivity contribution >= 4 is 23.3 Å². The highest BCUT2D eigenvalue weighted by atomic mass is 15.3. The summed E-state index contributed by atoms with van der Waals surface area (Å²) in [6.07, 6.45) is 0. The Hall–Kier alpha value is -4.36. The molecule has 12 nitrogen and oxygen atoms in total. The maximum atomic E-state index is 6.02. The number of anilines is 4. The number of aromatic nitrogens is 4. The zero-order chi connectivity index (χ0) is 30.7. The lowest BCUT2D eigenvalue weighted by Gasteiger charge is -2.34. The molecule has 4 aromatic heterocycles. The summed E-state index contributed by atoms with van der Waals surface area (Å²) in [6.45, 7) is 9.75. The first-order valence-electron chi connectivity index (χ1n) is 15.1. The highest BCUT2D eigenvalue weighted by Gasteiger charge is 2.19. The molecule has 8 N–H and O–H groups in total. The number of nitrogens with two attached hydrogens (primary N) is 4. The van der Waals surface area contributed by atoms with Crippen LogP contribution in [0.4, 0.5) is 23.3 Å². The number of pyridine rings is 4. The smallest absolute Gasteiger partial charge is 0.123 e. The van der Waals surface area contributed by atoms with E-state index in [9.17, 15) is 0 Å². The van der Waals surface area contributed by atoms with Crippen LogP contribution in [0, 0.1) is 0 Å². The Morgan fingerprint density at radius 1 is 0.364 bits per heavy atom. The van der Waals surface area contributed by atoms with E-state index in [-0.39, 0.29) is 0 Å². The van der Waals surface area contributed by atoms with Crippen LogP contribution in [0.15, 0.2) is 72.8 Å². The maximum Gasteiger partial charge on any atom is 0.123 e. The zero-order valence-electron chi connectivity index (χ0n) is 25.3. The van der Waals surface area contributed by atoms with Gasteiger partial charge in [0.05, 0.1) is 22.8 Å². The molecule has 0 unspecified atom stereocenters. The molecule has 0 atom stereocenters. The largest absolute Gasteiger partial charge is 0.384 e. The molecule has 1 saturated heterocycles. The number of rotatable bonds is 8. The maximum absolute atomic E-state index is 6.02. The molecule has 1 aliphatic heterocycles. The van der Waals surface area contributed by atoms with E-state index in [1.165, 1.54) is 0 Å². The first-order chi connectivity index (χ1) is 21.4. The zero-order valence-corrected chi connectivity index (χ0v) is 25.3. The van der Waals surface area contributed by atoms with Gasteiger partial charge in [-0.25, -0.2) is 19.9 Å². The molecule has 1 aliphatic rings. The van der Waals surface area contributed by atoms with Crippen molar-refractivity contribution in [1.82, 2.24) is 39.5 Å². The Morgan fingerprint density at radius 2 is 0.568 bits per heavy atom. The number of hydrogen-bond donors (Lipinski definition) is 4. The van der Waals surface area contributed by atoms with Gasteiger partial charge in [-0.1, -0.05) is 24.3 Å². The normalized spacial score (nSPS) is 16.7. The van der Waals surface area contributed by atoms with Crippen LogP contribution in [0.1, 0.15) is 22.8 Å². The van der Waals surface area contributed by atoms with Gasteiger partial charge in [0.1, 0.15) is 23.3 Å². The summed E-state index contributed by atoms with van der Waals surface area (Å²) in [7, 11) is 0. The SMILES string of the molecule is Nc1cccc(CN2CCN(Cc3cccc(N)n3)CCN(Cc3cccc(N)n3)CCN(Cc3cccc(N)n3)CC2)n1. The summed E-state index contributed by atoms with van der Waals surface area (Å²) in [5.74, 6) is 2.15. The van der Waals surface area contributed by atoms with E-state index in [1.807, 2.05) is 72.8 Å². The van der Waals surface area contributed by atoms with E-state index in [4.69, 9.17) is 22.9 Å². The Labute approximate surface area is 259 Å². The molecule has 0 saturated carbocycles. The van der Waals surface area contributed by atoms with Gasteiger partial charge < -0.3 is 22.9 Å². The van der Waals surface area contributed by atoms with Gasteiger partial charge in [-0.2, -0.15) is 0 Å². The van der Waals surface area contributed by atoms with Crippen molar-refractivity contribution in [2.75, 3.05) is 75.3 Å². The molecule has 5 rings (SSSR count). The third-order valence-corrected chi connectivity index (χ3v) is 7.79. The molecule has 0 radical (unpaired) electrons. The molecular formula is C32H44N12. The lowest BCUT2D eigenvalue weighted by molar-refractivity contribution is 0.120.